The first-order valence-electron chi connectivity index (χ1n) is 12.8. The lowest BCUT2D eigenvalue weighted by Crippen LogP contribution is -2.50. The van der Waals surface area contributed by atoms with Gasteiger partial charge in [-0.2, -0.15) is 0 Å². The SMILES string of the molecule is Cc1ccc(S(=O)(=O)n2ccc3c(NC4CC(NC(=O)OC(C)(C)C)C4)c(-c4ccnc(C)n4)cnc32)cc1. The van der Waals surface area contributed by atoms with Crippen LogP contribution in [0, 0.1) is 13.8 Å². The molecular weight excluding hydrogens is 516 g/mol. The molecule has 0 unspecified atom stereocenters. The van der Waals surface area contributed by atoms with Crippen LogP contribution in [0.15, 0.2) is 59.9 Å². The van der Waals surface area contributed by atoms with Crippen molar-refractivity contribution in [2.75, 3.05) is 5.32 Å². The lowest BCUT2D eigenvalue weighted by Gasteiger charge is -2.37. The lowest BCUT2D eigenvalue weighted by atomic mass is 9.86. The van der Waals surface area contributed by atoms with Crippen molar-refractivity contribution in [1.82, 2.24) is 24.2 Å². The van der Waals surface area contributed by atoms with Crippen LogP contribution in [0.4, 0.5) is 10.5 Å². The fraction of sp³-hybridized carbons (Fsp3) is 0.357. The third-order valence-electron chi connectivity index (χ3n) is 6.52. The normalized spacial score (nSPS) is 17.5. The summed E-state index contributed by atoms with van der Waals surface area (Å²) < 4.78 is 33.6. The van der Waals surface area contributed by atoms with Gasteiger partial charge in [0.2, 0.25) is 0 Å². The van der Waals surface area contributed by atoms with Crippen LogP contribution in [0.2, 0.25) is 0 Å². The fourth-order valence-electron chi connectivity index (χ4n) is 4.57. The van der Waals surface area contributed by atoms with Gasteiger partial charge in [0.05, 0.1) is 16.3 Å². The minimum atomic E-state index is -3.86. The van der Waals surface area contributed by atoms with Gasteiger partial charge in [0.1, 0.15) is 11.4 Å². The number of hydrogen-bond acceptors (Lipinski definition) is 8. The molecule has 10 nitrogen and oxygen atoms in total. The number of carbonyl (C=O) groups is 1. The van der Waals surface area contributed by atoms with Crippen LogP contribution in [0.25, 0.3) is 22.3 Å². The number of alkyl carbamates (subject to hydrolysis) is 1. The van der Waals surface area contributed by atoms with Gasteiger partial charge in [-0.15, -0.1) is 0 Å². The van der Waals surface area contributed by atoms with Crippen molar-refractivity contribution in [3.63, 3.8) is 0 Å². The highest BCUT2D eigenvalue weighted by molar-refractivity contribution is 7.90. The molecule has 1 fully saturated rings. The molecule has 5 rings (SSSR count). The van der Waals surface area contributed by atoms with E-state index in [0.717, 1.165) is 16.8 Å². The molecule has 1 aliphatic carbocycles. The first kappa shape index (κ1) is 26.6. The summed E-state index contributed by atoms with van der Waals surface area (Å²) in [4.78, 5) is 25.7. The number of anilines is 1. The zero-order valence-electron chi connectivity index (χ0n) is 22.6. The molecule has 0 aliphatic heterocycles. The highest BCUT2D eigenvalue weighted by Crippen LogP contribution is 2.37. The molecule has 1 amide bonds. The van der Waals surface area contributed by atoms with Crippen molar-refractivity contribution in [3.05, 3.63) is 66.4 Å². The zero-order valence-corrected chi connectivity index (χ0v) is 23.4. The molecule has 0 atom stereocenters. The average Bonchev–Trinajstić information content (AvgIpc) is 3.27. The third kappa shape index (κ3) is 5.58. The summed E-state index contributed by atoms with van der Waals surface area (Å²) >= 11 is 0. The number of benzene rings is 1. The van der Waals surface area contributed by atoms with E-state index < -0.39 is 21.7 Å². The second kappa shape index (κ2) is 9.96. The largest absolute Gasteiger partial charge is 0.444 e. The van der Waals surface area contributed by atoms with Crippen LogP contribution < -0.4 is 10.6 Å². The first-order valence-corrected chi connectivity index (χ1v) is 14.2. The topological polar surface area (TPSA) is 128 Å². The van der Waals surface area contributed by atoms with Gasteiger partial charge < -0.3 is 15.4 Å². The highest BCUT2D eigenvalue weighted by atomic mass is 32.2. The van der Waals surface area contributed by atoms with Gasteiger partial charge in [-0.05, 0) is 71.7 Å². The maximum absolute atomic E-state index is 13.5. The minimum absolute atomic E-state index is 0.0223. The Morgan fingerprint density at radius 3 is 2.41 bits per heavy atom. The van der Waals surface area contributed by atoms with Gasteiger partial charge in [0.15, 0.2) is 5.65 Å². The van der Waals surface area contributed by atoms with Gasteiger partial charge in [-0.25, -0.2) is 32.1 Å². The summed E-state index contributed by atoms with van der Waals surface area (Å²) in [6.45, 7) is 9.20. The molecule has 3 heterocycles. The molecule has 4 aromatic rings. The van der Waals surface area contributed by atoms with Crippen LogP contribution in [-0.2, 0) is 14.8 Å². The number of nitrogens with one attached hydrogen (secondary N) is 2. The van der Waals surface area contributed by atoms with Crippen molar-refractivity contribution in [1.29, 1.82) is 0 Å². The highest BCUT2D eigenvalue weighted by Gasteiger charge is 2.33. The number of aromatic nitrogens is 4. The van der Waals surface area contributed by atoms with Gasteiger partial charge >= 0.3 is 6.09 Å². The third-order valence-corrected chi connectivity index (χ3v) is 8.20. The number of aryl methyl sites for hydroxylation is 2. The minimum Gasteiger partial charge on any atom is -0.444 e. The van der Waals surface area contributed by atoms with Crippen molar-refractivity contribution >= 4 is 32.8 Å². The number of amides is 1. The van der Waals surface area contributed by atoms with E-state index in [4.69, 9.17) is 4.74 Å². The van der Waals surface area contributed by atoms with Crippen LogP contribution >= 0.6 is 0 Å². The van der Waals surface area contributed by atoms with Crippen LogP contribution in [0.5, 0.6) is 0 Å². The Morgan fingerprint density at radius 2 is 1.74 bits per heavy atom. The first-order chi connectivity index (χ1) is 18.4. The smallest absolute Gasteiger partial charge is 0.407 e. The van der Waals surface area contributed by atoms with E-state index in [1.165, 1.54) is 10.2 Å². The van der Waals surface area contributed by atoms with Gasteiger partial charge in [0.25, 0.3) is 10.0 Å². The van der Waals surface area contributed by atoms with E-state index >= 15 is 0 Å². The molecule has 0 spiro atoms. The quantitative estimate of drug-likeness (QED) is 0.351. The summed E-state index contributed by atoms with van der Waals surface area (Å²) in [5, 5.41) is 7.13. The van der Waals surface area contributed by atoms with Crippen molar-refractivity contribution < 1.29 is 17.9 Å². The van der Waals surface area contributed by atoms with E-state index in [0.29, 0.717) is 35.4 Å². The monoisotopic (exact) mass is 548 g/mol. The van der Waals surface area contributed by atoms with E-state index in [-0.39, 0.29) is 17.0 Å². The van der Waals surface area contributed by atoms with Crippen molar-refractivity contribution in [2.24, 2.45) is 0 Å². The molecular formula is C28H32N6O4S. The molecule has 1 saturated carbocycles. The molecule has 11 heteroatoms. The number of ether oxygens (including phenoxy) is 1. The van der Waals surface area contributed by atoms with Crippen LogP contribution in [0.3, 0.4) is 0 Å². The van der Waals surface area contributed by atoms with Crippen molar-refractivity contribution in [3.8, 4) is 11.3 Å². The van der Waals surface area contributed by atoms with Crippen LogP contribution in [-0.4, -0.2) is 51.1 Å². The van der Waals surface area contributed by atoms with E-state index in [9.17, 15) is 13.2 Å². The summed E-state index contributed by atoms with van der Waals surface area (Å²) in [6.07, 6.45) is 5.79. The predicted octanol–water partition coefficient (Wildman–Crippen LogP) is 4.81. The van der Waals surface area contributed by atoms with Gasteiger partial charge in [-0.1, -0.05) is 17.7 Å². The van der Waals surface area contributed by atoms with Crippen molar-refractivity contribution in [2.45, 2.75) is 70.0 Å². The number of fused-ring (bicyclic) bond motifs is 1. The molecule has 3 aromatic heterocycles. The Morgan fingerprint density at radius 1 is 1.03 bits per heavy atom. The molecule has 204 valence electrons. The van der Waals surface area contributed by atoms with E-state index in [2.05, 4.69) is 25.6 Å². The summed E-state index contributed by atoms with van der Waals surface area (Å²) in [5.74, 6) is 0.614. The fourth-order valence-corrected chi connectivity index (χ4v) is 5.87. The summed E-state index contributed by atoms with van der Waals surface area (Å²) in [7, 11) is -3.86. The summed E-state index contributed by atoms with van der Waals surface area (Å²) in [6, 6.07) is 10.3. The molecule has 2 N–H and O–H groups in total. The molecule has 39 heavy (non-hydrogen) atoms. The Kier molecular flexibility index (Phi) is 6.79. The Hall–Kier alpha value is -3.99. The maximum Gasteiger partial charge on any atom is 0.407 e. The number of pyridine rings is 1. The van der Waals surface area contributed by atoms with Gasteiger partial charge in [-0.3, -0.25) is 0 Å². The second-order valence-electron chi connectivity index (χ2n) is 10.9. The number of hydrogen-bond donors (Lipinski definition) is 2. The van der Waals surface area contributed by atoms with Gasteiger partial charge in [0, 0.05) is 41.6 Å². The maximum atomic E-state index is 13.5. The number of carbonyl (C=O) groups excluding carboxylic acids is 1. The zero-order chi connectivity index (χ0) is 27.9. The summed E-state index contributed by atoms with van der Waals surface area (Å²) in [5.41, 5.74) is 2.87. The molecule has 1 aliphatic rings. The standard InChI is InChI=1S/C28H32N6O4S/c1-17-6-8-21(9-7-17)39(36,37)34-13-11-22-25(23(16-30-26(22)34)24-10-12-29-18(2)31-24)32-19-14-20(15-19)33-27(35)38-28(3,4)5/h6-13,16,19-20H,14-15H2,1-5H3,(H,30,32)(H,33,35). The molecule has 1 aromatic carbocycles. The second-order valence-corrected chi connectivity index (χ2v) is 12.7. The van der Waals surface area contributed by atoms with E-state index in [1.54, 1.807) is 48.8 Å². The lowest BCUT2D eigenvalue weighted by molar-refractivity contribution is 0.0475. The number of nitrogens with zero attached hydrogens (tertiary/aromatic N) is 4. The predicted molar refractivity (Wildman–Crippen MR) is 149 cm³/mol. The van der Waals surface area contributed by atoms with Crippen LogP contribution in [0.1, 0.15) is 45.0 Å². The average molecular weight is 549 g/mol. The molecule has 0 bridgehead atoms. The number of rotatable bonds is 6. The Balaban J connectivity index is 1.48. The Labute approximate surface area is 227 Å². The molecule has 0 radical (unpaired) electrons. The van der Waals surface area contributed by atoms with E-state index in [1.807, 2.05) is 34.6 Å². The Bertz CT molecular complexity index is 1640. The molecule has 0 saturated heterocycles.